The van der Waals surface area contributed by atoms with Gasteiger partial charge in [-0.1, -0.05) is 54.6 Å². The minimum Gasteiger partial charge on any atom is -0.750 e. The predicted molar refractivity (Wildman–Crippen MR) is 93.4 cm³/mol. The van der Waals surface area contributed by atoms with E-state index >= 15 is 0 Å². The molecule has 25 heavy (non-hydrogen) atoms. The van der Waals surface area contributed by atoms with Gasteiger partial charge in [0.2, 0.25) is 0 Å². The Balaban J connectivity index is 1.75. The minimum absolute atomic E-state index is 0.0187. The van der Waals surface area contributed by atoms with Crippen LogP contribution in [0.3, 0.4) is 0 Å². The summed E-state index contributed by atoms with van der Waals surface area (Å²) < 4.78 is 30.4. The maximum Gasteiger partial charge on any atom is 0.193 e. The van der Waals surface area contributed by atoms with Gasteiger partial charge in [0, 0.05) is 23.8 Å². The van der Waals surface area contributed by atoms with Crippen LogP contribution in [0, 0.1) is 0 Å². The van der Waals surface area contributed by atoms with Crippen LogP contribution in [0.4, 0.5) is 0 Å². The van der Waals surface area contributed by atoms with E-state index in [9.17, 15) is 13.6 Å². The van der Waals surface area contributed by atoms with E-state index in [0.29, 0.717) is 30.8 Å². The third-order valence-corrected chi connectivity index (χ3v) is 3.86. The number of hydrogen-bond donors (Lipinski definition) is 1. The average molecular weight is 362 g/mol. The second-order valence-electron chi connectivity index (χ2n) is 5.48. The van der Waals surface area contributed by atoms with Crippen LogP contribution in [0.2, 0.25) is 0 Å². The molecule has 7 heteroatoms. The van der Waals surface area contributed by atoms with Crippen molar-refractivity contribution in [3.63, 3.8) is 0 Å². The van der Waals surface area contributed by atoms with E-state index in [0.717, 1.165) is 5.56 Å². The van der Waals surface area contributed by atoms with Crippen molar-refractivity contribution in [3.8, 4) is 0 Å². The fourth-order valence-corrected chi connectivity index (χ4v) is 2.45. The Morgan fingerprint density at radius 2 is 1.72 bits per heavy atom. The molecule has 2 unspecified atom stereocenters. The van der Waals surface area contributed by atoms with E-state index in [1.165, 1.54) is 0 Å². The predicted octanol–water partition coefficient (Wildman–Crippen LogP) is 1.96. The number of ether oxygens (including phenoxy) is 1. The summed E-state index contributed by atoms with van der Waals surface area (Å²) >= 11 is -2.54. The molecule has 0 saturated carbocycles. The van der Waals surface area contributed by atoms with Crippen molar-refractivity contribution >= 4 is 17.1 Å². The Morgan fingerprint density at radius 3 is 2.36 bits per heavy atom. The third-order valence-electron chi connectivity index (χ3n) is 3.53. The standard InChI is InChI=1S/C18H21NO5S/c19-17(13-24-25(21)22)10-11-23-12-14-6-8-16(9-7-14)18(20)15-4-2-1-3-5-15/h1-9,17H,10-13,19H2,(H,21,22)/p-1. The second kappa shape index (κ2) is 10.2. The summed E-state index contributed by atoms with van der Waals surface area (Å²) in [5.74, 6) is -0.0187. The topological polar surface area (TPSA) is 102 Å². The van der Waals surface area contributed by atoms with Crippen molar-refractivity contribution < 1.29 is 22.5 Å². The van der Waals surface area contributed by atoms with Gasteiger partial charge in [0.15, 0.2) is 5.78 Å². The first-order valence-corrected chi connectivity index (χ1v) is 8.81. The van der Waals surface area contributed by atoms with E-state index in [1.807, 2.05) is 30.3 Å². The van der Waals surface area contributed by atoms with Crippen LogP contribution in [0.15, 0.2) is 54.6 Å². The van der Waals surface area contributed by atoms with Gasteiger partial charge in [0.25, 0.3) is 0 Å². The Labute approximate surface area is 149 Å². The SMILES string of the molecule is NC(CCOCc1ccc(C(=O)c2ccccc2)cc1)COS(=O)[O-]. The first-order chi connectivity index (χ1) is 12.1. The molecule has 0 saturated heterocycles. The van der Waals surface area contributed by atoms with Crippen molar-refractivity contribution in [2.75, 3.05) is 13.2 Å². The highest BCUT2D eigenvalue weighted by Gasteiger charge is 2.08. The number of hydrogen-bond acceptors (Lipinski definition) is 6. The highest BCUT2D eigenvalue weighted by molar-refractivity contribution is 7.74. The molecule has 0 amide bonds. The number of nitrogens with two attached hydrogens (primary N) is 1. The van der Waals surface area contributed by atoms with Gasteiger partial charge in [-0.05, 0) is 12.0 Å². The average Bonchev–Trinajstić information content (AvgIpc) is 2.64. The number of carbonyl (C=O) groups is 1. The van der Waals surface area contributed by atoms with Gasteiger partial charge in [0.1, 0.15) is 0 Å². The van der Waals surface area contributed by atoms with E-state index in [-0.39, 0.29) is 12.4 Å². The zero-order valence-electron chi connectivity index (χ0n) is 13.6. The molecule has 6 nitrogen and oxygen atoms in total. The lowest BCUT2D eigenvalue weighted by Crippen LogP contribution is -2.28. The third kappa shape index (κ3) is 6.85. The van der Waals surface area contributed by atoms with Crippen LogP contribution < -0.4 is 5.73 Å². The Kier molecular flexibility index (Phi) is 7.90. The summed E-state index contributed by atoms with van der Waals surface area (Å²) in [6.45, 7) is 0.720. The van der Waals surface area contributed by atoms with E-state index in [2.05, 4.69) is 4.18 Å². The summed E-state index contributed by atoms with van der Waals surface area (Å²) in [6.07, 6.45) is 0.488. The van der Waals surface area contributed by atoms with Crippen LogP contribution >= 0.6 is 0 Å². The minimum atomic E-state index is -2.54. The van der Waals surface area contributed by atoms with Crippen LogP contribution in [0.1, 0.15) is 27.9 Å². The normalized spacial score (nSPS) is 13.4. The van der Waals surface area contributed by atoms with Crippen molar-refractivity contribution in [2.45, 2.75) is 19.1 Å². The lowest BCUT2D eigenvalue weighted by molar-refractivity contribution is 0.103. The monoisotopic (exact) mass is 362 g/mol. The molecule has 0 aliphatic rings. The maximum atomic E-state index is 12.3. The first-order valence-electron chi connectivity index (χ1n) is 7.81. The molecule has 2 aromatic carbocycles. The summed E-state index contributed by atoms with van der Waals surface area (Å²) in [4.78, 5) is 12.3. The molecule has 0 aliphatic heterocycles. The van der Waals surface area contributed by atoms with Gasteiger partial charge in [-0.25, -0.2) is 4.21 Å². The molecule has 0 heterocycles. The van der Waals surface area contributed by atoms with Gasteiger partial charge >= 0.3 is 0 Å². The van der Waals surface area contributed by atoms with Gasteiger partial charge in [-0.2, -0.15) is 0 Å². The van der Waals surface area contributed by atoms with Crippen LogP contribution in [-0.4, -0.2) is 33.8 Å². The maximum absolute atomic E-state index is 12.3. The van der Waals surface area contributed by atoms with Crippen LogP contribution in [0.25, 0.3) is 0 Å². The van der Waals surface area contributed by atoms with Gasteiger partial charge in [0.05, 0.1) is 24.6 Å². The van der Waals surface area contributed by atoms with Crippen molar-refractivity contribution in [1.29, 1.82) is 0 Å². The van der Waals surface area contributed by atoms with Gasteiger partial charge in [-0.3, -0.25) is 8.98 Å². The molecule has 2 atom stereocenters. The molecule has 0 aliphatic carbocycles. The van der Waals surface area contributed by atoms with Crippen molar-refractivity contribution in [2.24, 2.45) is 5.73 Å². The Bertz CT molecular complexity index is 690. The molecule has 2 rings (SSSR count). The van der Waals surface area contributed by atoms with Crippen LogP contribution in [-0.2, 0) is 26.9 Å². The molecule has 0 spiro atoms. The fourth-order valence-electron chi connectivity index (χ4n) is 2.16. The van der Waals surface area contributed by atoms with Crippen LogP contribution in [0.5, 0.6) is 0 Å². The molecule has 0 fully saturated rings. The number of rotatable bonds is 10. The van der Waals surface area contributed by atoms with E-state index < -0.39 is 17.4 Å². The van der Waals surface area contributed by atoms with Gasteiger partial charge < -0.3 is 15.0 Å². The van der Waals surface area contributed by atoms with Crippen molar-refractivity contribution in [3.05, 3.63) is 71.3 Å². The molecule has 0 radical (unpaired) electrons. The second-order valence-corrected chi connectivity index (χ2v) is 6.13. The number of carbonyl (C=O) groups excluding carboxylic acids is 1. The molecule has 0 bridgehead atoms. The quantitative estimate of drug-likeness (QED) is 0.394. The summed E-state index contributed by atoms with van der Waals surface area (Å²) in [7, 11) is 0. The smallest absolute Gasteiger partial charge is 0.193 e. The zero-order chi connectivity index (χ0) is 18.1. The molecular formula is C18H20NO5S-. The highest BCUT2D eigenvalue weighted by atomic mass is 32.2. The lowest BCUT2D eigenvalue weighted by atomic mass is 10.0. The highest BCUT2D eigenvalue weighted by Crippen LogP contribution is 2.12. The molecule has 2 N–H and O–H groups in total. The largest absolute Gasteiger partial charge is 0.750 e. The van der Waals surface area contributed by atoms with Gasteiger partial charge in [-0.15, -0.1) is 0 Å². The number of benzene rings is 2. The molecule has 134 valence electrons. The molecule has 0 aromatic heterocycles. The lowest BCUT2D eigenvalue weighted by Gasteiger charge is -2.13. The Hall–Kier alpha value is -1.90. The molecule has 2 aromatic rings. The summed E-state index contributed by atoms with van der Waals surface area (Å²) in [6, 6.07) is 16.0. The Morgan fingerprint density at radius 1 is 1.08 bits per heavy atom. The summed E-state index contributed by atoms with van der Waals surface area (Å²) in [5, 5.41) is 0. The zero-order valence-corrected chi connectivity index (χ0v) is 14.4. The molecular weight excluding hydrogens is 342 g/mol. The van der Waals surface area contributed by atoms with Crippen molar-refractivity contribution in [1.82, 2.24) is 0 Å². The van der Waals surface area contributed by atoms with E-state index in [1.54, 1.807) is 24.3 Å². The first kappa shape index (κ1) is 19.4. The van der Waals surface area contributed by atoms with E-state index in [4.69, 9.17) is 10.5 Å². The fraction of sp³-hybridized carbons (Fsp3) is 0.278. The summed E-state index contributed by atoms with van der Waals surface area (Å²) in [5.41, 5.74) is 7.91. The number of ketones is 1.